The van der Waals surface area contributed by atoms with Gasteiger partial charge in [-0.15, -0.1) is 0 Å². The van der Waals surface area contributed by atoms with Gasteiger partial charge in [0.1, 0.15) is 11.2 Å². The van der Waals surface area contributed by atoms with Crippen molar-refractivity contribution in [3.8, 4) is 22.3 Å². The summed E-state index contributed by atoms with van der Waals surface area (Å²) in [5.74, 6) is 0. The first-order chi connectivity index (χ1) is 24.3. The number of rotatable bonds is 5. The summed E-state index contributed by atoms with van der Waals surface area (Å²) >= 11 is 0. The van der Waals surface area contributed by atoms with Gasteiger partial charge in [-0.3, -0.25) is 0 Å². The van der Waals surface area contributed by atoms with Crippen LogP contribution in [-0.2, 0) is 0 Å². The fourth-order valence-electron chi connectivity index (χ4n) is 7.34. The van der Waals surface area contributed by atoms with Gasteiger partial charge in [-0.25, -0.2) is 0 Å². The van der Waals surface area contributed by atoms with E-state index in [1.165, 1.54) is 10.9 Å². The van der Waals surface area contributed by atoms with Crippen molar-refractivity contribution >= 4 is 71.7 Å². The summed E-state index contributed by atoms with van der Waals surface area (Å²) in [6, 6.07) is 61.8. The largest absolute Gasteiger partial charge is 0.454 e. The Labute approximate surface area is 282 Å². The molecule has 0 bridgehead atoms. The van der Waals surface area contributed by atoms with Gasteiger partial charge in [0.05, 0.1) is 11.4 Å². The maximum absolute atomic E-state index is 6.97. The zero-order valence-electron chi connectivity index (χ0n) is 26.5. The molecule has 2 aromatic heterocycles. The smallest absolute Gasteiger partial charge is 0.160 e. The molecule has 0 saturated carbocycles. The Morgan fingerprint density at radius 1 is 0.367 bits per heavy atom. The lowest BCUT2D eigenvalue weighted by molar-refractivity contribution is 0.666. The second kappa shape index (κ2) is 11.0. The van der Waals surface area contributed by atoms with Gasteiger partial charge >= 0.3 is 0 Å². The van der Waals surface area contributed by atoms with Crippen molar-refractivity contribution in [2.75, 3.05) is 4.90 Å². The Morgan fingerprint density at radius 2 is 0.980 bits per heavy atom. The quantitative estimate of drug-likeness (QED) is 0.190. The van der Waals surface area contributed by atoms with Gasteiger partial charge in [-0.1, -0.05) is 133 Å². The molecule has 0 spiro atoms. The summed E-state index contributed by atoms with van der Waals surface area (Å²) < 4.78 is 13.6. The third kappa shape index (κ3) is 4.44. The van der Waals surface area contributed by atoms with E-state index in [0.717, 1.165) is 83.0 Å². The Balaban J connectivity index is 1.29. The van der Waals surface area contributed by atoms with Crippen molar-refractivity contribution < 1.29 is 8.83 Å². The topological polar surface area (TPSA) is 29.5 Å². The number of fused-ring (bicyclic) bond motifs is 7. The van der Waals surface area contributed by atoms with Gasteiger partial charge in [-0.2, -0.15) is 0 Å². The molecule has 0 aliphatic carbocycles. The van der Waals surface area contributed by atoms with Crippen LogP contribution in [0.25, 0.3) is 76.9 Å². The minimum absolute atomic E-state index is 0.826. The highest BCUT2D eigenvalue weighted by Crippen LogP contribution is 2.48. The number of nitrogens with zero attached hydrogens (tertiary/aromatic N) is 1. The van der Waals surface area contributed by atoms with Crippen LogP contribution in [0.2, 0.25) is 0 Å². The van der Waals surface area contributed by atoms with Crippen LogP contribution in [0.3, 0.4) is 0 Å². The lowest BCUT2D eigenvalue weighted by Gasteiger charge is -2.26. The molecule has 10 rings (SSSR count). The number of para-hydroxylation sites is 2. The SMILES string of the molecule is c1ccc(-c2ccc(N(c3cccc4c3oc3ccccc34)c3ccc(-c4ccccc4)c4c3oc3cc5ccccc5cc34)cc2)cc1. The summed E-state index contributed by atoms with van der Waals surface area (Å²) in [6.45, 7) is 0. The van der Waals surface area contributed by atoms with Crippen LogP contribution in [0.5, 0.6) is 0 Å². The molecule has 8 aromatic carbocycles. The normalized spacial score (nSPS) is 11.7. The van der Waals surface area contributed by atoms with Crippen molar-refractivity contribution in [3.05, 3.63) is 176 Å². The molecular formula is C46H29NO2. The van der Waals surface area contributed by atoms with Gasteiger partial charge in [0.25, 0.3) is 0 Å². The van der Waals surface area contributed by atoms with Crippen molar-refractivity contribution in [1.29, 1.82) is 0 Å². The lowest BCUT2D eigenvalue weighted by Crippen LogP contribution is -2.10. The van der Waals surface area contributed by atoms with E-state index in [1.807, 2.05) is 18.2 Å². The van der Waals surface area contributed by atoms with E-state index in [0.29, 0.717) is 0 Å². The standard InChI is InChI=1S/C46H29NO2/c1-3-12-30(13-4-1)31-22-24-35(25-23-31)47(40-20-11-19-38-37-18-9-10-21-42(37)48-45(38)40)41-27-26-36(32-14-5-2-6-15-32)44-39-28-33-16-7-8-17-34(33)29-43(39)49-46(41)44/h1-29H. The van der Waals surface area contributed by atoms with Crippen LogP contribution < -0.4 is 4.90 Å². The Morgan fingerprint density at radius 3 is 1.78 bits per heavy atom. The molecule has 0 saturated heterocycles. The van der Waals surface area contributed by atoms with Crippen molar-refractivity contribution in [2.24, 2.45) is 0 Å². The van der Waals surface area contributed by atoms with E-state index in [9.17, 15) is 0 Å². The van der Waals surface area contributed by atoms with Crippen molar-refractivity contribution in [1.82, 2.24) is 0 Å². The monoisotopic (exact) mass is 627 g/mol. The molecule has 0 aliphatic heterocycles. The van der Waals surface area contributed by atoms with Crippen LogP contribution in [0.15, 0.2) is 185 Å². The summed E-state index contributed by atoms with van der Waals surface area (Å²) in [5, 5.41) is 6.69. The summed E-state index contributed by atoms with van der Waals surface area (Å²) in [4.78, 5) is 2.29. The van der Waals surface area contributed by atoms with Crippen molar-refractivity contribution in [2.45, 2.75) is 0 Å². The average molecular weight is 628 g/mol. The second-order valence-corrected chi connectivity index (χ2v) is 12.5. The second-order valence-electron chi connectivity index (χ2n) is 12.5. The van der Waals surface area contributed by atoms with E-state index in [-0.39, 0.29) is 0 Å². The van der Waals surface area contributed by atoms with Crippen LogP contribution in [0.1, 0.15) is 0 Å². The molecule has 0 fully saturated rings. The molecule has 3 nitrogen and oxygen atoms in total. The molecule has 0 amide bonds. The van der Waals surface area contributed by atoms with Crippen LogP contribution in [-0.4, -0.2) is 0 Å². The first kappa shape index (κ1) is 27.5. The molecule has 0 aliphatic rings. The number of hydrogen-bond acceptors (Lipinski definition) is 3. The fourth-order valence-corrected chi connectivity index (χ4v) is 7.34. The van der Waals surface area contributed by atoms with Gasteiger partial charge in [-0.05, 0) is 75.5 Å². The fraction of sp³-hybridized carbons (Fsp3) is 0. The molecule has 0 N–H and O–H groups in total. The van der Waals surface area contributed by atoms with Gasteiger partial charge in [0.2, 0.25) is 0 Å². The van der Waals surface area contributed by atoms with E-state index in [2.05, 4.69) is 163 Å². The van der Waals surface area contributed by atoms with Crippen LogP contribution in [0.4, 0.5) is 17.1 Å². The summed E-state index contributed by atoms with van der Waals surface area (Å²) in [6.07, 6.45) is 0. The molecule has 2 heterocycles. The zero-order valence-corrected chi connectivity index (χ0v) is 26.5. The molecule has 0 atom stereocenters. The Kier molecular flexibility index (Phi) is 6.18. The number of benzene rings is 8. The number of hydrogen-bond donors (Lipinski definition) is 0. The minimum atomic E-state index is 0.826. The predicted molar refractivity (Wildman–Crippen MR) is 204 cm³/mol. The third-order valence-electron chi connectivity index (χ3n) is 9.65. The maximum Gasteiger partial charge on any atom is 0.160 e. The molecule has 0 unspecified atom stereocenters. The van der Waals surface area contributed by atoms with Crippen LogP contribution in [0, 0.1) is 0 Å². The molecular weight excluding hydrogens is 599 g/mol. The van der Waals surface area contributed by atoms with Gasteiger partial charge < -0.3 is 13.7 Å². The third-order valence-corrected chi connectivity index (χ3v) is 9.65. The minimum Gasteiger partial charge on any atom is -0.454 e. The van der Waals surface area contributed by atoms with E-state index in [1.54, 1.807) is 0 Å². The molecule has 3 heteroatoms. The van der Waals surface area contributed by atoms with E-state index in [4.69, 9.17) is 8.83 Å². The molecule has 0 radical (unpaired) electrons. The lowest BCUT2D eigenvalue weighted by atomic mass is 9.97. The predicted octanol–water partition coefficient (Wildman–Crippen LogP) is 13.4. The first-order valence-corrected chi connectivity index (χ1v) is 16.6. The van der Waals surface area contributed by atoms with Gasteiger partial charge in [0, 0.05) is 27.2 Å². The summed E-state index contributed by atoms with van der Waals surface area (Å²) in [7, 11) is 0. The van der Waals surface area contributed by atoms with E-state index < -0.39 is 0 Å². The first-order valence-electron chi connectivity index (χ1n) is 16.6. The Bertz CT molecular complexity index is 2810. The average Bonchev–Trinajstić information content (AvgIpc) is 3.74. The highest BCUT2D eigenvalue weighted by atomic mass is 16.3. The number of furan rings is 2. The van der Waals surface area contributed by atoms with Crippen molar-refractivity contribution in [3.63, 3.8) is 0 Å². The van der Waals surface area contributed by atoms with E-state index >= 15 is 0 Å². The van der Waals surface area contributed by atoms with Crippen LogP contribution >= 0.6 is 0 Å². The number of anilines is 3. The van der Waals surface area contributed by atoms with Gasteiger partial charge in [0.15, 0.2) is 11.2 Å². The molecule has 10 aromatic rings. The molecule has 230 valence electrons. The Hall–Kier alpha value is -6.58. The molecule has 49 heavy (non-hydrogen) atoms. The summed E-state index contributed by atoms with van der Waals surface area (Å²) in [5.41, 5.74) is 10.9. The maximum atomic E-state index is 6.97. The highest BCUT2D eigenvalue weighted by Gasteiger charge is 2.25. The zero-order chi connectivity index (χ0) is 32.3. The highest BCUT2D eigenvalue weighted by molar-refractivity contribution is 6.20.